The summed E-state index contributed by atoms with van der Waals surface area (Å²) in [4.78, 5) is 16.0. The van der Waals surface area contributed by atoms with Crippen molar-refractivity contribution in [2.75, 3.05) is 0 Å². The molecule has 0 saturated carbocycles. The van der Waals surface area contributed by atoms with Crippen molar-refractivity contribution in [3.8, 4) is 5.75 Å². The van der Waals surface area contributed by atoms with Crippen molar-refractivity contribution < 1.29 is 36.8 Å². The van der Waals surface area contributed by atoms with Crippen LogP contribution in [-0.2, 0) is 21.7 Å². The monoisotopic (exact) mass is 526 g/mol. The standard InChI is InChI=1S/C19H19BrF4N2O4S/c1-17(2,3)31(29)26-18(10-15(27)28,16-12(20)5-4-8-25-16)11-6-7-14(13(21)9-11)30-19(22,23)24/h4-9,26H,10H2,1-3H3,(H,27,28). The molecule has 2 unspecified atom stereocenters. The number of ether oxygens (including phenoxy) is 1. The summed E-state index contributed by atoms with van der Waals surface area (Å²) < 4.78 is 70.9. The molecule has 0 fully saturated rings. The number of carboxylic acids is 1. The second-order valence-corrected chi connectivity index (χ2v) is 10.3. The molecule has 0 amide bonds. The number of alkyl halides is 3. The molecule has 170 valence electrons. The Bertz CT molecular complexity index is 955. The summed E-state index contributed by atoms with van der Waals surface area (Å²) in [6.45, 7) is 4.90. The maximum absolute atomic E-state index is 14.5. The highest BCUT2D eigenvalue weighted by molar-refractivity contribution is 9.10. The van der Waals surface area contributed by atoms with E-state index in [1.54, 1.807) is 32.9 Å². The molecule has 0 radical (unpaired) electrons. The zero-order chi connectivity index (χ0) is 23.6. The number of carboxylic acid groups (broad SMARTS) is 1. The highest BCUT2D eigenvalue weighted by Crippen LogP contribution is 2.40. The van der Waals surface area contributed by atoms with Gasteiger partial charge < -0.3 is 14.4 Å². The van der Waals surface area contributed by atoms with Gasteiger partial charge in [-0.05, 0) is 66.5 Å². The molecule has 1 aromatic carbocycles. The summed E-state index contributed by atoms with van der Waals surface area (Å²) in [5.74, 6) is -3.80. The van der Waals surface area contributed by atoms with Crippen LogP contribution < -0.4 is 9.46 Å². The van der Waals surface area contributed by atoms with Crippen molar-refractivity contribution in [2.45, 2.75) is 43.8 Å². The van der Waals surface area contributed by atoms with Crippen LogP contribution in [0.3, 0.4) is 0 Å². The van der Waals surface area contributed by atoms with E-state index in [9.17, 15) is 32.0 Å². The minimum Gasteiger partial charge on any atom is -0.598 e. The Hall–Kier alpha value is -1.89. The molecule has 12 heteroatoms. The molecule has 0 spiro atoms. The van der Waals surface area contributed by atoms with Crippen LogP contribution >= 0.6 is 15.9 Å². The van der Waals surface area contributed by atoms with Gasteiger partial charge in [-0.25, -0.2) is 4.39 Å². The first-order valence-electron chi connectivity index (χ1n) is 8.74. The average molecular weight is 527 g/mol. The van der Waals surface area contributed by atoms with Crippen molar-refractivity contribution in [2.24, 2.45) is 0 Å². The number of carbonyl (C=O) groups is 1. The molecule has 6 nitrogen and oxygen atoms in total. The van der Waals surface area contributed by atoms with Crippen LogP contribution in [0.5, 0.6) is 5.75 Å². The number of benzene rings is 1. The molecule has 0 aliphatic carbocycles. The Morgan fingerprint density at radius 3 is 2.42 bits per heavy atom. The van der Waals surface area contributed by atoms with Gasteiger partial charge in [0.25, 0.3) is 0 Å². The first-order chi connectivity index (χ1) is 14.2. The maximum atomic E-state index is 14.5. The highest BCUT2D eigenvalue weighted by atomic mass is 79.9. The molecular formula is C19H19BrF4N2O4S. The normalized spacial score (nSPS) is 15.3. The maximum Gasteiger partial charge on any atom is 0.573 e. The molecule has 1 heterocycles. The number of pyridine rings is 1. The first kappa shape index (κ1) is 25.4. The summed E-state index contributed by atoms with van der Waals surface area (Å²) in [5.41, 5.74) is -1.88. The van der Waals surface area contributed by atoms with Crippen molar-refractivity contribution in [1.82, 2.24) is 9.71 Å². The molecule has 0 saturated heterocycles. The van der Waals surface area contributed by atoms with E-state index in [1.807, 2.05) is 0 Å². The Balaban J connectivity index is 2.75. The molecule has 0 aliphatic heterocycles. The Morgan fingerprint density at radius 2 is 1.94 bits per heavy atom. The summed E-state index contributed by atoms with van der Waals surface area (Å²) in [6, 6.07) is 5.62. The molecule has 2 aromatic rings. The van der Waals surface area contributed by atoms with Gasteiger partial charge >= 0.3 is 12.3 Å². The van der Waals surface area contributed by atoms with Gasteiger partial charge in [0.1, 0.15) is 10.3 Å². The van der Waals surface area contributed by atoms with Crippen molar-refractivity contribution >= 4 is 33.3 Å². The van der Waals surface area contributed by atoms with E-state index in [1.165, 1.54) is 6.20 Å². The van der Waals surface area contributed by atoms with Gasteiger partial charge in [0.05, 0.1) is 12.1 Å². The van der Waals surface area contributed by atoms with E-state index in [0.29, 0.717) is 10.5 Å². The number of hydrogen-bond donors (Lipinski definition) is 2. The number of aliphatic carboxylic acids is 1. The van der Waals surface area contributed by atoms with Gasteiger partial charge in [-0.2, -0.15) is 0 Å². The van der Waals surface area contributed by atoms with Gasteiger partial charge in [-0.15, -0.1) is 17.9 Å². The summed E-state index contributed by atoms with van der Waals surface area (Å²) in [7, 11) is 0. The highest BCUT2D eigenvalue weighted by Gasteiger charge is 2.46. The van der Waals surface area contributed by atoms with E-state index in [-0.39, 0.29) is 11.3 Å². The molecular weight excluding hydrogens is 508 g/mol. The van der Waals surface area contributed by atoms with Crippen molar-refractivity contribution in [1.29, 1.82) is 0 Å². The lowest BCUT2D eigenvalue weighted by Gasteiger charge is -2.37. The zero-order valence-corrected chi connectivity index (χ0v) is 19.0. The fraction of sp³-hybridized carbons (Fsp3) is 0.368. The fourth-order valence-corrected chi connectivity index (χ4v) is 4.18. The predicted octanol–water partition coefficient (Wildman–Crippen LogP) is 4.65. The van der Waals surface area contributed by atoms with Crippen LogP contribution in [0.1, 0.15) is 38.4 Å². The Labute approximate surface area is 187 Å². The summed E-state index contributed by atoms with van der Waals surface area (Å²) >= 11 is 1.40. The molecule has 0 bridgehead atoms. The summed E-state index contributed by atoms with van der Waals surface area (Å²) in [5, 5.41) is 9.61. The lowest BCUT2D eigenvalue weighted by molar-refractivity contribution is -0.275. The average Bonchev–Trinajstić information content (AvgIpc) is 2.61. The molecule has 1 aromatic heterocycles. The lowest BCUT2D eigenvalue weighted by atomic mass is 9.84. The van der Waals surface area contributed by atoms with Gasteiger partial charge in [0.2, 0.25) is 0 Å². The SMILES string of the molecule is CC(C)(C)[S+]([O-])NC(CC(=O)O)(c1ccc(OC(F)(F)F)c(F)c1)c1ncccc1Br. The second-order valence-electron chi connectivity index (χ2n) is 7.49. The largest absolute Gasteiger partial charge is 0.598 e. The number of hydrogen-bond acceptors (Lipinski definition) is 5. The van der Waals surface area contributed by atoms with Crippen LogP contribution in [0.4, 0.5) is 17.6 Å². The first-order valence-corrected chi connectivity index (χ1v) is 10.7. The molecule has 2 atom stereocenters. The lowest BCUT2D eigenvalue weighted by Crippen LogP contribution is -2.53. The van der Waals surface area contributed by atoms with Gasteiger partial charge in [0.15, 0.2) is 11.6 Å². The van der Waals surface area contributed by atoms with Crippen molar-refractivity contribution in [3.05, 3.63) is 58.1 Å². The molecule has 0 aliphatic rings. The quantitative estimate of drug-likeness (QED) is 0.402. The fourth-order valence-electron chi connectivity index (χ4n) is 2.68. The van der Waals surface area contributed by atoms with Crippen LogP contribution in [-0.4, -0.2) is 31.7 Å². The van der Waals surface area contributed by atoms with Gasteiger partial charge in [0, 0.05) is 22.0 Å². The zero-order valence-electron chi connectivity index (χ0n) is 16.6. The number of aromatic nitrogens is 1. The third kappa shape index (κ3) is 6.31. The van der Waals surface area contributed by atoms with E-state index in [4.69, 9.17) is 0 Å². The Kier molecular flexibility index (Phi) is 7.62. The minimum atomic E-state index is -5.11. The summed E-state index contributed by atoms with van der Waals surface area (Å²) in [6.07, 6.45) is -4.49. The Morgan fingerprint density at radius 1 is 1.29 bits per heavy atom. The van der Waals surface area contributed by atoms with Crippen molar-refractivity contribution in [3.63, 3.8) is 0 Å². The number of nitrogens with zero attached hydrogens (tertiary/aromatic N) is 1. The predicted molar refractivity (Wildman–Crippen MR) is 109 cm³/mol. The van der Waals surface area contributed by atoms with Gasteiger partial charge in [-0.1, -0.05) is 6.07 Å². The number of nitrogens with one attached hydrogen (secondary N) is 1. The molecule has 2 rings (SSSR count). The molecule has 31 heavy (non-hydrogen) atoms. The van der Waals surface area contributed by atoms with Gasteiger partial charge in [-0.3, -0.25) is 9.78 Å². The number of halogens is 5. The van der Waals surface area contributed by atoms with Crippen LogP contribution in [0.25, 0.3) is 0 Å². The van der Waals surface area contributed by atoms with E-state index in [0.717, 1.165) is 12.1 Å². The van der Waals surface area contributed by atoms with Crippen LogP contribution in [0.2, 0.25) is 0 Å². The van der Waals surface area contributed by atoms with E-state index >= 15 is 0 Å². The molecule has 2 N–H and O–H groups in total. The third-order valence-corrected chi connectivity index (χ3v) is 6.34. The van der Waals surface area contributed by atoms with E-state index in [2.05, 4.69) is 30.4 Å². The smallest absolute Gasteiger partial charge is 0.573 e. The topological polar surface area (TPSA) is 94.5 Å². The van der Waals surface area contributed by atoms with Crippen LogP contribution in [0.15, 0.2) is 41.0 Å². The minimum absolute atomic E-state index is 0.0684. The third-order valence-electron chi connectivity index (χ3n) is 4.05. The van der Waals surface area contributed by atoms with Crippen LogP contribution in [0, 0.1) is 5.82 Å². The number of rotatable bonds is 7. The second kappa shape index (κ2) is 9.31. The van der Waals surface area contributed by atoms with E-state index < -0.39 is 52.0 Å².